The van der Waals surface area contributed by atoms with Crippen LogP contribution in [0.3, 0.4) is 0 Å². The molecule has 2 aromatic carbocycles. The molecule has 0 aliphatic rings. The molecule has 0 atom stereocenters. The van der Waals surface area contributed by atoms with Crippen LogP contribution in [-0.2, 0) is 10.0 Å². The zero-order chi connectivity index (χ0) is 15.6. The number of nitrogens with two attached hydrogens (primary N) is 2. The van der Waals surface area contributed by atoms with Crippen molar-refractivity contribution in [1.82, 2.24) is 0 Å². The van der Waals surface area contributed by atoms with Crippen molar-refractivity contribution in [1.29, 1.82) is 0 Å². The number of carbonyl (C=O) groups is 1. The Labute approximate surface area is 121 Å². The highest BCUT2D eigenvalue weighted by Gasteiger charge is 2.12. The number of carbonyl (C=O) groups excluding carboxylic acids is 1. The van der Waals surface area contributed by atoms with Crippen LogP contribution in [-0.4, -0.2) is 20.6 Å². The molecular weight excluding hydrogens is 292 g/mol. The minimum atomic E-state index is -3.17. The van der Waals surface area contributed by atoms with Crippen molar-refractivity contribution in [2.24, 2.45) is 10.9 Å². The Morgan fingerprint density at radius 3 is 2.24 bits per heavy atom. The van der Waals surface area contributed by atoms with Gasteiger partial charge in [-0.1, -0.05) is 24.3 Å². The van der Waals surface area contributed by atoms with Crippen LogP contribution in [0.5, 0.6) is 0 Å². The minimum absolute atomic E-state index is 0.433. The average Bonchev–Trinajstić information content (AvgIpc) is 2.74. The van der Waals surface area contributed by atoms with Gasteiger partial charge in [-0.3, -0.25) is 4.79 Å². The minimum Gasteiger partial charge on any atom is -0.456 e. The highest BCUT2D eigenvalue weighted by atomic mass is 32.2. The molecule has 0 radical (unpaired) electrons. The van der Waals surface area contributed by atoms with Crippen molar-refractivity contribution in [3.05, 3.63) is 48.0 Å². The predicted molar refractivity (Wildman–Crippen MR) is 81.3 cm³/mol. The third kappa shape index (κ3) is 3.59. The van der Waals surface area contributed by atoms with Gasteiger partial charge in [0.25, 0.3) is 0 Å². The molecule has 0 aliphatic carbocycles. The van der Waals surface area contributed by atoms with Gasteiger partial charge in [-0.05, 0) is 18.2 Å². The molecule has 0 bridgehead atoms. The highest BCUT2D eigenvalue weighted by molar-refractivity contribution is 7.88. The van der Waals surface area contributed by atoms with Crippen LogP contribution in [0.15, 0.2) is 46.9 Å². The highest BCUT2D eigenvalue weighted by Crippen LogP contribution is 2.30. The van der Waals surface area contributed by atoms with Crippen molar-refractivity contribution >= 4 is 37.9 Å². The van der Waals surface area contributed by atoms with Crippen LogP contribution in [0.2, 0.25) is 0 Å². The maximum absolute atomic E-state index is 11.3. The summed E-state index contributed by atoms with van der Waals surface area (Å²) in [4.78, 5) is 11.3. The van der Waals surface area contributed by atoms with E-state index in [0.29, 0.717) is 11.1 Å². The fourth-order valence-corrected chi connectivity index (χ4v) is 1.98. The summed E-state index contributed by atoms with van der Waals surface area (Å²) in [6, 6.07) is 12.9. The number of furan rings is 1. The standard InChI is InChI=1S/C13H9NO2.CH5NO2S/c14-13(15)9-5-3-7-11-12(9)8-4-1-2-6-10(8)16-11;1-5(2,3)4/h1-7H,(H2,14,15);1H3,(H2,2,3,4). The second-order valence-electron chi connectivity index (χ2n) is 4.47. The van der Waals surface area contributed by atoms with Gasteiger partial charge >= 0.3 is 0 Å². The number of benzene rings is 2. The Bertz CT molecular complexity index is 905. The van der Waals surface area contributed by atoms with E-state index in [9.17, 15) is 13.2 Å². The number of hydrogen-bond acceptors (Lipinski definition) is 4. The number of sulfonamides is 1. The zero-order valence-corrected chi connectivity index (χ0v) is 12.1. The molecule has 7 heteroatoms. The van der Waals surface area contributed by atoms with Gasteiger partial charge in [0.15, 0.2) is 0 Å². The zero-order valence-electron chi connectivity index (χ0n) is 11.2. The van der Waals surface area contributed by atoms with Crippen LogP contribution in [0.4, 0.5) is 0 Å². The van der Waals surface area contributed by atoms with Crippen molar-refractivity contribution in [3.63, 3.8) is 0 Å². The van der Waals surface area contributed by atoms with E-state index in [-0.39, 0.29) is 0 Å². The lowest BCUT2D eigenvalue weighted by molar-refractivity contribution is 0.100. The second kappa shape index (κ2) is 5.55. The number of primary amides is 1. The van der Waals surface area contributed by atoms with E-state index in [0.717, 1.165) is 22.6 Å². The lowest BCUT2D eigenvalue weighted by atomic mass is 10.1. The molecule has 0 saturated carbocycles. The van der Waals surface area contributed by atoms with E-state index in [1.165, 1.54) is 0 Å². The van der Waals surface area contributed by atoms with Gasteiger partial charge in [0.1, 0.15) is 11.2 Å². The summed E-state index contributed by atoms with van der Waals surface area (Å²) in [5.41, 5.74) is 7.31. The Morgan fingerprint density at radius 1 is 1.05 bits per heavy atom. The number of amides is 1. The first-order chi connectivity index (χ1) is 9.77. The summed E-state index contributed by atoms with van der Waals surface area (Å²) in [5.74, 6) is -0.433. The number of rotatable bonds is 1. The SMILES string of the molecule is CS(N)(=O)=O.NC(=O)c1cccc2oc3ccccc3c12. The fraction of sp³-hybridized carbons (Fsp3) is 0.0714. The Morgan fingerprint density at radius 2 is 1.62 bits per heavy atom. The molecule has 0 unspecified atom stereocenters. The molecule has 1 heterocycles. The predicted octanol–water partition coefficient (Wildman–Crippen LogP) is 1.59. The summed E-state index contributed by atoms with van der Waals surface area (Å²) < 4.78 is 24.5. The van der Waals surface area contributed by atoms with Crippen molar-refractivity contribution < 1.29 is 17.6 Å². The lowest BCUT2D eigenvalue weighted by Crippen LogP contribution is -2.10. The quantitative estimate of drug-likeness (QED) is 0.710. The third-order valence-corrected chi connectivity index (χ3v) is 2.67. The summed E-state index contributed by atoms with van der Waals surface area (Å²) in [6.45, 7) is 0. The monoisotopic (exact) mass is 306 g/mol. The van der Waals surface area contributed by atoms with Gasteiger partial charge < -0.3 is 10.2 Å². The Hall–Kier alpha value is -2.38. The lowest BCUT2D eigenvalue weighted by Gasteiger charge is -1.96. The summed E-state index contributed by atoms with van der Waals surface area (Å²) in [7, 11) is -3.17. The number of para-hydroxylation sites is 1. The first kappa shape index (κ1) is 15.0. The molecule has 3 aromatic rings. The largest absolute Gasteiger partial charge is 0.456 e. The molecule has 21 heavy (non-hydrogen) atoms. The molecule has 0 saturated heterocycles. The molecule has 6 nitrogen and oxygen atoms in total. The topological polar surface area (TPSA) is 116 Å². The van der Waals surface area contributed by atoms with E-state index in [1.54, 1.807) is 12.1 Å². The normalized spacial score (nSPS) is 11.1. The average molecular weight is 306 g/mol. The molecule has 0 fully saturated rings. The molecule has 3 rings (SSSR count). The smallest absolute Gasteiger partial charge is 0.249 e. The Balaban J connectivity index is 0.000000282. The van der Waals surface area contributed by atoms with E-state index in [4.69, 9.17) is 10.2 Å². The van der Waals surface area contributed by atoms with Gasteiger partial charge in [0.2, 0.25) is 15.9 Å². The van der Waals surface area contributed by atoms with Crippen LogP contribution in [0.1, 0.15) is 10.4 Å². The summed E-state index contributed by atoms with van der Waals surface area (Å²) in [6.07, 6.45) is 0.938. The maximum Gasteiger partial charge on any atom is 0.249 e. The van der Waals surface area contributed by atoms with Gasteiger partial charge in [0.05, 0.1) is 11.8 Å². The molecule has 110 valence electrons. The van der Waals surface area contributed by atoms with Gasteiger partial charge in [-0.15, -0.1) is 0 Å². The maximum atomic E-state index is 11.3. The molecule has 0 spiro atoms. The van der Waals surface area contributed by atoms with Crippen LogP contribution < -0.4 is 10.9 Å². The van der Waals surface area contributed by atoms with E-state index >= 15 is 0 Å². The van der Waals surface area contributed by atoms with Crippen LogP contribution in [0, 0.1) is 0 Å². The van der Waals surface area contributed by atoms with Crippen LogP contribution >= 0.6 is 0 Å². The van der Waals surface area contributed by atoms with E-state index < -0.39 is 15.9 Å². The number of fused-ring (bicyclic) bond motifs is 3. The summed E-state index contributed by atoms with van der Waals surface area (Å²) in [5, 5.41) is 6.05. The molecular formula is C14H14N2O4S. The second-order valence-corrected chi connectivity index (χ2v) is 6.13. The van der Waals surface area contributed by atoms with E-state index in [2.05, 4.69) is 5.14 Å². The molecule has 1 amide bonds. The first-order valence-electron chi connectivity index (χ1n) is 5.95. The van der Waals surface area contributed by atoms with Crippen molar-refractivity contribution in [2.75, 3.05) is 6.26 Å². The third-order valence-electron chi connectivity index (χ3n) is 2.67. The molecule has 0 aliphatic heterocycles. The van der Waals surface area contributed by atoms with Gasteiger partial charge in [0, 0.05) is 10.8 Å². The number of primary sulfonamides is 1. The van der Waals surface area contributed by atoms with E-state index in [1.807, 2.05) is 30.3 Å². The number of hydrogen-bond donors (Lipinski definition) is 2. The first-order valence-corrected chi connectivity index (χ1v) is 7.90. The molecule has 1 aromatic heterocycles. The van der Waals surface area contributed by atoms with Crippen LogP contribution in [0.25, 0.3) is 21.9 Å². The van der Waals surface area contributed by atoms with Crippen molar-refractivity contribution in [2.45, 2.75) is 0 Å². The molecule has 4 N–H and O–H groups in total. The summed E-state index contributed by atoms with van der Waals surface area (Å²) >= 11 is 0. The van der Waals surface area contributed by atoms with Crippen molar-refractivity contribution in [3.8, 4) is 0 Å². The Kier molecular flexibility index (Phi) is 3.97. The van der Waals surface area contributed by atoms with Gasteiger partial charge in [-0.25, -0.2) is 13.6 Å². The van der Waals surface area contributed by atoms with Gasteiger partial charge in [-0.2, -0.15) is 0 Å². The fourth-order valence-electron chi connectivity index (χ4n) is 1.98.